The Morgan fingerprint density at radius 1 is 0.926 bits per heavy atom. The molecule has 2 aromatic rings. The number of amides is 1. The fourth-order valence-corrected chi connectivity index (χ4v) is 2.63. The number of esters is 1. The smallest absolute Gasteiger partial charge is 0.344 e. The van der Waals surface area contributed by atoms with E-state index in [9.17, 15) is 9.59 Å². The molecule has 1 N–H and O–H groups in total. The van der Waals surface area contributed by atoms with Gasteiger partial charge in [-0.05, 0) is 60.2 Å². The molecule has 0 spiro atoms. The van der Waals surface area contributed by atoms with Gasteiger partial charge in [0.05, 0.1) is 0 Å². The molecule has 1 amide bonds. The molecule has 0 aliphatic rings. The van der Waals surface area contributed by atoms with Crippen molar-refractivity contribution < 1.29 is 19.1 Å². The highest BCUT2D eigenvalue weighted by atomic mass is 16.6. The van der Waals surface area contributed by atoms with Gasteiger partial charge in [0.1, 0.15) is 5.75 Å². The minimum absolute atomic E-state index is 0.0562. The summed E-state index contributed by atoms with van der Waals surface area (Å²) in [6, 6.07) is 13.3. The Balaban J connectivity index is 1.76. The van der Waals surface area contributed by atoms with Crippen molar-refractivity contribution in [3.8, 4) is 5.75 Å². The molecule has 0 heterocycles. The molecule has 5 nitrogen and oxygen atoms in total. The third-order valence-corrected chi connectivity index (χ3v) is 3.95. The van der Waals surface area contributed by atoms with Crippen molar-refractivity contribution in [3.05, 3.63) is 59.2 Å². The van der Waals surface area contributed by atoms with Crippen LogP contribution in [0.4, 0.5) is 5.69 Å². The van der Waals surface area contributed by atoms with E-state index < -0.39 is 5.97 Å². The van der Waals surface area contributed by atoms with E-state index in [4.69, 9.17) is 9.47 Å². The quantitative estimate of drug-likeness (QED) is 0.777. The van der Waals surface area contributed by atoms with Crippen molar-refractivity contribution in [2.24, 2.45) is 0 Å². The molecule has 2 rings (SSSR count). The third kappa shape index (κ3) is 6.77. The van der Waals surface area contributed by atoms with Crippen molar-refractivity contribution in [2.45, 2.75) is 40.0 Å². The molecular formula is C22H27NO4. The third-order valence-electron chi connectivity index (χ3n) is 3.95. The average molecular weight is 369 g/mol. The van der Waals surface area contributed by atoms with Gasteiger partial charge in [0.2, 0.25) is 0 Å². The predicted octanol–water partition coefficient (Wildman–Crippen LogP) is 4.16. The molecule has 0 saturated heterocycles. The number of anilines is 1. The first kappa shape index (κ1) is 20.5. The largest absolute Gasteiger partial charge is 0.482 e. The predicted molar refractivity (Wildman–Crippen MR) is 106 cm³/mol. The normalized spacial score (nSPS) is 11.0. The molecule has 2 aromatic carbocycles. The fraction of sp³-hybridized carbons (Fsp3) is 0.364. The molecule has 0 atom stereocenters. The Labute approximate surface area is 160 Å². The number of rotatable bonds is 6. The van der Waals surface area contributed by atoms with Crippen LogP contribution in [0, 0.1) is 13.8 Å². The monoisotopic (exact) mass is 369 g/mol. The van der Waals surface area contributed by atoms with Crippen LogP contribution in [0.2, 0.25) is 0 Å². The Hall–Kier alpha value is -2.82. The van der Waals surface area contributed by atoms with Crippen LogP contribution in [-0.4, -0.2) is 25.1 Å². The summed E-state index contributed by atoms with van der Waals surface area (Å²) in [5, 5.41) is 2.72. The molecule has 0 saturated carbocycles. The highest BCUT2D eigenvalue weighted by molar-refractivity contribution is 5.93. The van der Waals surface area contributed by atoms with Gasteiger partial charge in [-0.3, -0.25) is 4.79 Å². The van der Waals surface area contributed by atoms with E-state index in [1.165, 1.54) is 5.56 Å². The number of hydrogen-bond acceptors (Lipinski definition) is 4. The molecule has 0 bridgehead atoms. The Bertz CT molecular complexity index is 784. The summed E-state index contributed by atoms with van der Waals surface area (Å²) in [5.74, 6) is -0.395. The molecule has 5 heteroatoms. The summed E-state index contributed by atoms with van der Waals surface area (Å²) >= 11 is 0. The van der Waals surface area contributed by atoms with Crippen LogP contribution in [0.3, 0.4) is 0 Å². The molecule has 0 unspecified atom stereocenters. The maximum Gasteiger partial charge on any atom is 0.344 e. The van der Waals surface area contributed by atoms with Gasteiger partial charge < -0.3 is 14.8 Å². The number of carbonyl (C=O) groups excluding carboxylic acids is 2. The van der Waals surface area contributed by atoms with E-state index in [0.717, 1.165) is 11.1 Å². The number of aryl methyl sites for hydroxylation is 2. The second kappa shape index (κ2) is 8.71. The molecule has 0 fully saturated rings. The van der Waals surface area contributed by atoms with Gasteiger partial charge >= 0.3 is 5.97 Å². The van der Waals surface area contributed by atoms with Crippen LogP contribution < -0.4 is 10.1 Å². The Morgan fingerprint density at radius 2 is 1.52 bits per heavy atom. The van der Waals surface area contributed by atoms with Crippen LogP contribution in [0.1, 0.15) is 37.5 Å². The van der Waals surface area contributed by atoms with Crippen LogP contribution in [0.15, 0.2) is 42.5 Å². The highest BCUT2D eigenvalue weighted by Gasteiger charge is 2.13. The van der Waals surface area contributed by atoms with Gasteiger partial charge in [-0.25, -0.2) is 4.79 Å². The second-order valence-electron chi connectivity index (χ2n) is 7.65. The van der Waals surface area contributed by atoms with Crippen molar-refractivity contribution in [1.82, 2.24) is 0 Å². The minimum Gasteiger partial charge on any atom is -0.482 e. The summed E-state index contributed by atoms with van der Waals surface area (Å²) < 4.78 is 10.4. The first-order valence-corrected chi connectivity index (χ1v) is 8.90. The van der Waals surface area contributed by atoms with Crippen LogP contribution in [-0.2, 0) is 19.7 Å². The summed E-state index contributed by atoms with van der Waals surface area (Å²) in [4.78, 5) is 23.7. The lowest BCUT2D eigenvalue weighted by Crippen LogP contribution is -2.23. The maximum absolute atomic E-state index is 11.9. The lowest BCUT2D eigenvalue weighted by molar-refractivity contribution is -0.149. The van der Waals surface area contributed by atoms with Gasteiger partial charge in [0.25, 0.3) is 5.91 Å². The summed E-state index contributed by atoms with van der Waals surface area (Å²) in [5.41, 5.74) is 4.02. The number of benzene rings is 2. The highest BCUT2D eigenvalue weighted by Crippen LogP contribution is 2.24. The van der Waals surface area contributed by atoms with E-state index in [1.807, 2.05) is 56.3 Å². The molecule has 0 radical (unpaired) electrons. The summed E-state index contributed by atoms with van der Waals surface area (Å²) in [6.07, 6.45) is 0. The zero-order chi connectivity index (χ0) is 20.0. The molecule has 0 aromatic heterocycles. The van der Waals surface area contributed by atoms with Gasteiger partial charge in [0, 0.05) is 5.69 Å². The lowest BCUT2D eigenvalue weighted by Gasteiger charge is -2.19. The summed E-state index contributed by atoms with van der Waals surface area (Å²) in [6.45, 7) is 9.70. The molecule has 0 aliphatic heterocycles. The fourth-order valence-electron chi connectivity index (χ4n) is 2.63. The summed E-state index contributed by atoms with van der Waals surface area (Å²) in [7, 11) is 0. The van der Waals surface area contributed by atoms with E-state index >= 15 is 0 Å². The molecule has 0 aliphatic carbocycles. The van der Waals surface area contributed by atoms with Crippen LogP contribution >= 0.6 is 0 Å². The van der Waals surface area contributed by atoms with Crippen molar-refractivity contribution in [2.75, 3.05) is 18.5 Å². The lowest BCUT2D eigenvalue weighted by atomic mass is 9.87. The van der Waals surface area contributed by atoms with E-state index in [1.54, 1.807) is 0 Å². The van der Waals surface area contributed by atoms with E-state index in [0.29, 0.717) is 11.4 Å². The first-order valence-electron chi connectivity index (χ1n) is 8.90. The number of carbonyl (C=O) groups is 2. The van der Waals surface area contributed by atoms with Gasteiger partial charge in [-0.1, -0.05) is 39.0 Å². The zero-order valence-electron chi connectivity index (χ0n) is 16.6. The van der Waals surface area contributed by atoms with Crippen molar-refractivity contribution in [3.63, 3.8) is 0 Å². The van der Waals surface area contributed by atoms with Crippen LogP contribution in [0.25, 0.3) is 0 Å². The standard InChI is InChI=1S/C22H27NO4/c1-15-10-16(2)12-18(11-15)23-20(24)13-27-21(25)14-26-19-8-6-17(7-9-19)22(3,4)5/h6-12H,13-14H2,1-5H3,(H,23,24). The van der Waals surface area contributed by atoms with E-state index in [-0.39, 0.29) is 24.5 Å². The number of hydrogen-bond donors (Lipinski definition) is 1. The average Bonchev–Trinajstić information content (AvgIpc) is 2.57. The van der Waals surface area contributed by atoms with E-state index in [2.05, 4.69) is 26.1 Å². The van der Waals surface area contributed by atoms with Crippen molar-refractivity contribution >= 4 is 17.6 Å². The Kier molecular flexibility index (Phi) is 6.61. The minimum atomic E-state index is -0.592. The zero-order valence-corrected chi connectivity index (χ0v) is 16.6. The topological polar surface area (TPSA) is 64.6 Å². The number of nitrogens with one attached hydrogen (secondary N) is 1. The van der Waals surface area contributed by atoms with Gasteiger partial charge in [0.15, 0.2) is 13.2 Å². The molecular weight excluding hydrogens is 342 g/mol. The second-order valence-corrected chi connectivity index (χ2v) is 7.65. The maximum atomic E-state index is 11.9. The first-order chi connectivity index (χ1) is 12.6. The SMILES string of the molecule is Cc1cc(C)cc(NC(=O)COC(=O)COc2ccc(C(C)(C)C)cc2)c1. The van der Waals surface area contributed by atoms with Crippen molar-refractivity contribution in [1.29, 1.82) is 0 Å². The Morgan fingerprint density at radius 3 is 2.07 bits per heavy atom. The van der Waals surface area contributed by atoms with Crippen LogP contribution in [0.5, 0.6) is 5.75 Å². The van der Waals surface area contributed by atoms with Gasteiger partial charge in [-0.2, -0.15) is 0 Å². The van der Waals surface area contributed by atoms with Gasteiger partial charge in [-0.15, -0.1) is 0 Å². The number of ether oxygens (including phenoxy) is 2. The molecule has 27 heavy (non-hydrogen) atoms. The molecule has 144 valence electrons.